The number of hydrogen-bond acceptors (Lipinski definition) is 3. The van der Waals surface area contributed by atoms with Gasteiger partial charge in [-0.25, -0.2) is 0 Å². The van der Waals surface area contributed by atoms with Crippen LogP contribution in [0.2, 0.25) is 5.02 Å². The minimum atomic E-state index is 0.494. The van der Waals surface area contributed by atoms with E-state index in [1.807, 2.05) is 13.0 Å². The molecule has 2 fully saturated rings. The molecule has 4 heteroatoms. The molecule has 1 aliphatic heterocycles. The maximum atomic E-state index is 6.55. The molecule has 1 saturated carbocycles. The van der Waals surface area contributed by atoms with E-state index >= 15 is 0 Å². The Balaban J connectivity index is 1.35. The molecule has 172 valence electrons. The highest BCUT2D eigenvalue weighted by molar-refractivity contribution is 6.31. The molecular weight excluding hydrogens is 416 g/mol. The summed E-state index contributed by atoms with van der Waals surface area (Å²) in [7, 11) is 0. The third-order valence-corrected chi connectivity index (χ3v) is 7.42. The summed E-state index contributed by atoms with van der Waals surface area (Å²) in [6, 6.07) is 13.1. The third-order valence-electron chi connectivity index (χ3n) is 7.07. The second-order valence-corrected chi connectivity index (χ2v) is 10.2. The first-order valence-electron chi connectivity index (χ1n) is 12.3. The van der Waals surface area contributed by atoms with Crippen LogP contribution in [0.4, 0.5) is 0 Å². The van der Waals surface area contributed by atoms with Gasteiger partial charge in [0.1, 0.15) is 6.61 Å². The summed E-state index contributed by atoms with van der Waals surface area (Å²) in [5.41, 5.74) is 7.26. The van der Waals surface area contributed by atoms with Crippen LogP contribution in [-0.4, -0.2) is 23.7 Å². The van der Waals surface area contributed by atoms with Crippen molar-refractivity contribution in [1.82, 2.24) is 4.90 Å². The molecule has 2 aromatic rings. The van der Waals surface area contributed by atoms with Crippen LogP contribution in [-0.2, 0) is 24.4 Å². The molecule has 0 bridgehead atoms. The van der Waals surface area contributed by atoms with Crippen molar-refractivity contribution in [1.29, 1.82) is 0 Å². The van der Waals surface area contributed by atoms with E-state index in [9.17, 15) is 0 Å². The zero-order valence-electron chi connectivity index (χ0n) is 19.9. The molecular formula is C28H37ClN2O. The maximum Gasteiger partial charge on any atom is 0.142 e. The molecule has 2 aliphatic rings. The maximum absolute atomic E-state index is 6.55. The van der Waals surface area contributed by atoms with Crippen molar-refractivity contribution in [3.8, 4) is 0 Å². The topological polar surface area (TPSA) is 24.8 Å². The van der Waals surface area contributed by atoms with Gasteiger partial charge in [-0.1, -0.05) is 80.2 Å². The van der Waals surface area contributed by atoms with Crippen molar-refractivity contribution >= 4 is 17.3 Å². The van der Waals surface area contributed by atoms with Crippen LogP contribution in [0.25, 0.3) is 0 Å². The van der Waals surface area contributed by atoms with Gasteiger partial charge in [0.05, 0.1) is 5.71 Å². The van der Waals surface area contributed by atoms with Gasteiger partial charge < -0.3 is 4.84 Å². The van der Waals surface area contributed by atoms with E-state index in [1.54, 1.807) is 5.56 Å². The second kappa shape index (κ2) is 10.9. The van der Waals surface area contributed by atoms with Gasteiger partial charge in [-0.3, -0.25) is 4.90 Å². The molecule has 0 N–H and O–H groups in total. The number of halogens is 1. The predicted octanol–water partition coefficient (Wildman–Crippen LogP) is 7.34. The first kappa shape index (κ1) is 23.3. The Hall–Kier alpha value is -1.84. The van der Waals surface area contributed by atoms with Gasteiger partial charge in [-0.15, -0.1) is 0 Å². The predicted molar refractivity (Wildman–Crippen MR) is 135 cm³/mol. The Morgan fingerprint density at radius 3 is 2.53 bits per heavy atom. The Morgan fingerprint density at radius 1 is 1.06 bits per heavy atom. The van der Waals surface area contributed by atoms with Gasteiger partial charge in [-0.05, 0) is 66.3 Å². The van der Waals surface area contributed by atoms with Crippen molar-refractivity contribution in [3.63, 3.8) is 0 Å². The van der Waals surface area contributed by atoms with Crippen molar-refractivity contribution in [2.45, 2.75) is 78.4 Å². The molecule has 32 heavy (non-hydrogen) atoms. The lowest BCUT2D eigenvalue weighted by molar-refractivity contribution is 0.105. The lowest BCUT2D eigenvalue weighted by Gasteiger charge is -2.37. The molecule has 4 rings (SSSR count). The van der Waals surface area contributed by atoms with E-state index in [-0.39, 0.29) is 0 Å². The monoisotopic (exact) mass is 452 g/mol. The van der Waals surface area contributed by atoms with Crippen molar-refractivity contribution in [2.24, 2.45) is 11.1 Å². The number of oxime groups is 1. The summed E-state index contributed by atoms with van der Waals surface area (Å²) in [4.78, 5) is 8.16. The van der Waals surface area contributed by atoms with E-state index in [4.69, 9.17) is 16.4 Å². The minimum absolute atomic E-state index is 0.494. The van der Waals surface area contributed by atoms with Crippen LogP contribution < -0.4 is 0 Å². The largest absolute Gasteiger partial charge is 0.391 e. The Bertz CT molecular complexity index is 942. The average Bonchev–Trinajstić information content (AvgIpc) is 2.79. The highest BCUT2D eigenvalue weighted by Crippen LogP contribution is 2.35. The number of hydrogen-bond donors (Lipinski definition) is 0. The molecule has 0 spiro atoms. The summed E-state index contributed by atoms with van der Waals surface area (Å²) in [5, 5.41) is 5.18. The van der Waals surface area contributed by atoms with Gasteiger partial charge in [0.25, 0.3) is 0 Å². The van der Waals surface area contributed by atoms with Crippen LogP contribution in [0.5, 0.6) is 0 Å². The van der Waals surface area contributed by atoms with Crippen molar-refractivity contribution < 1.29 is 4.84 Å². The highest BCUT2D eigenvalue weighted by Gasteiger charge is 2.23. The molecule has 0 amide bonds. The lowest BCUT2D eigenvalue weighted by atomic mass is 9.81. The number of nitrogens with zero attached hydrogens (tertiary/aromatic N) is 2. The molecule has 1 aliphatic carbocycles. The van der Waals surface area contributed by atoms with Gasteiger partial charge in [0, 0.05) is 30.2 Å². The fourth-order valence-corrected chi connectivity index (χ4v) is 5.46. The van der Waals surface area contributed by atoms with Crippen LogP contribution in [0.15, 0.2) is 41.6 Å². The fraction of sp³-hybridized carbons (Fsp3) is 0.536. The summed E-state index contributed by atoms with van der Waals surface area (Å²) in [6.07, 6.45) is 7.88. The lowest BCUT2D eigenvalue weighted by Crippen LogP contribution is -2.44. The SMILES string of the molecule is CCc1cc(CO/N=C(\C)c2ccc(CN3CC(C)C3)c(Cl)c2)ccc1C1CCCCC1. The van der Waals surface area contributed by atoms with E-state index in [2.05, 4.69) is 54.2 Å². The van der Waals surface area contributed by atoms with E-state index in [0.29, 0.717) is 6.61 Å². The number of rotatable bonds is 8. The minimum Gasteiger partial charge on any atom is -0.391 e. The molecule has 1 saturated heterocycles. The van der Waals surface area contributed by atoms with Gasteiger partial charge in [-0.2, -0.15) is 0 Å². The average molecular weight is 453 g/mol. The van der Waals surface area contributed by atoms with Gasteiger partial charge >= 0.3 is 0 Å². The van der Waals surface area contributed by atoms with Crippen molar-refractivity contribution in [3.05, 3.63) is 69.2 Å². The van der Waals surface area contributed by atoms with Crippen molar-refractivity contribution in [2.75, 3.05) is 13.1 Å². The zero-order valence-corrected chi connectivity index (χ0v) is 20.6. The summed E-state index contributed by atoms with van der Waals surface area (Å²) in [5.74, 6) is 1.54. The van der Waals surface area contributed by atoms with Crippen LogP contribution in [0, 0.1) is 5.92 Å². The quantitative estimate of drug-likeness (QED) is 0.309. The Kier molecular flexibility index (Phi) is 7.91. The van der Waals surface area contributed by atoms with Crippen LogP contribution in [0.1, 0.15) is 86.6 Å². The molecule has 2 aromatic carbocycles. The third kappa shape index (κ3) is 5.74. The molecule has 0 atom stereocenters. The smallest absolute Gasteiger partial charge is 0.142 e. The number of aryl methyl sites for hydroxylation is 1. The molecule has 0 radical (unpaired) electrons. The van der Waals surface area contributed by atoms with Gasteiger partial charge in [0.15, 0.2) is 0 Å². The Morgan fingerprint density at radius 2 is 1.84 bits per heavy atom. The molecule has 0 unspecified atom stereocenters. The number of likely N-dealkylation sites (tertiary alicyclic amines) is 1. The van der Waals surface area contributed by atoms with E-state index in [0.717, 1.165) is 54.2 Å². The fourth-order valence-electron chi connectivity index (χ4n) is 5.22. The molecule has 3 nitrogen and oxygen atoms in total. The van der Waals surface area contributed by atoms with E-state index in [1.165, 1.54) is 48.8 Å². The molecule has 1 heterocycles. The summed E-state index contributed by atoms with van der Waals surface area (Å²) < 4.78 is 0. The van der Waals surface area contributed by atoms with Crippen LogP contribution >= 0.6 is 11.6 Å². The zero-order chi connectivity index (χ0) is 22.5. The van der Waals surface area contributed by atoms with E-state index < -0.39 is 0 Å². The standard InChI is InChI=1S/C28H37ClN2O/c1-4-23-14-22(10-13-27(23)24-8-6-5-7-9-24)19-32-30-21(3)25-11-12-26(28(29)15-25)18-31-16-20(2)17-31/h10-15,20,24H,4-9,16-19H2,1-3H3/b30-21+. The first-order valence-corrected chi connectivity index (χ1v) is 12.7. The summed E-state index contributed by atoms with van der Waals surface area (Å²) >= 11 is 6.55. The number of benzene rings is 2. The van der Waals surface area contributed by atoms with Gasteiger partial charge in [0.2, 0.25) is 0 Å². The van der Waals surface area contributed by atoms with Crippen LogP contribution in [0.3, 0.4) is 0 Å². The highest BCUT2D eigenvalue weighted by atomic mass is 35.5. The molecule has 0 aromatic heterocycles. The Labute approximate surface area is 198 Å². The second-order valence-electron chi connectivity index (χ2n) is 9.78. The normalized spacial score (nSPS) is 18.6. The first-order chi connectivity index (χ1) is 15.5. The summed E-state index contributed by atoms with van der Waals surface area (Å²) in [6.45, 7) is 10.3.